The van der Waals surface area contributed by atoms with Gasteiger partial charge in [-0.1, -0.05) is 84.0 Å². The molecule has 0 saturated heterocycles. The van der Waals surface area contributed by atoms with Crippen LogP contribution in [0.1, 0.15) is 58.2 Å². The van der Waals surface area contributed by atoms with E-state index in [4.69, 9.17) is 0 Å². The molecule has 20 heavy (non-hydrogen) atoms. The van der Waals surface area contributed by atoms with Crippen LogP contribution in [0, 0.1) is 6.92 Å². The summed E-state index contributed by atoms with van der Waals surface area (Å²) in [5.74, 6) is 0. The van der Waals surface area contributed by atoms with E-state index in [1.54, 1.807) is 0 Å². The van der Waals surface area contributed by atoms with Crippen LogP contribution in [0.4, 0.5) is 0 Å². The molecule has 0 atom stereocenters. The van der Waals surface area contributed by atoms with E-state index >= 15 is 0 Å². The number of aryl methyl sites for hydroxylation is 1. The van der Waals surface area contributed by atoms with Gasteiger partial charge < -0.3 is 0 Å². The third-order valence-corrected chi connectivity index (χ3v) is 3.82. The summed E-state index contributed by atoms with van der Waals surface area (Å²) in [6.45, 7) is 14.8. The van der Waals surface area contributed by atoms with Crippen LogP contribution in [0.2, 0.25) is 0 Å². The Balaban J connectivity index is 0.000000461. The van der Waals surface area contributed by atoms with Gasteiger partial charge in [0.1, 0.15) is 0 Å². The van der Waals surface area contributed by atoms with Gasteiger partial charge in [0.25, 0.3) is 0 Å². The van der Waals surface area contributed by atoms with Gasteiger partial charge in [0, 0.05) is 5.41 Å². The van der Waals surface area contributed by atoms with Crippen LogP contribution in [0.25, 0.3) is 11.1 Å². The van der Waals surface area contributed by atoms with Gasteiger partial charge >= 0.3 is 0 Å². The van der Waals surface area contributed by atoms with E-state index < -0.39 is 0 Å². The molecule has 1 aliphatic carbocycles. The SMILES string of the molecule is CC.CC.Cc1cccc2c1-c1ccccc1C2(C)C. The molecule has 0 aromatic heterocycles. The first-order chi connectivity index (χ1) is 9.62. The van der Waals surface area contributed by atoms with Gasteiger partial charge in [0.15, 0.2) is 0 Å². The Hall–Kier alpha value is -1.56. The lowest BCUT2D eigenvalue weighted by Crippen LogP contribution is -2.14. The quantitative estimate of drug-likeness (QED) is 0.522. The van der Waals surface area contributed by atoms with Gasteiger partial charge in [-0.3, -0.25) is 0 Å². The molecule has 1 aliphatic rings. The zero-order chi connectivity index (χ0) is 15.3. The Morgan fingerprint density at radius 1 is 0.700 bits per heavy atom. The van der Waals surface area contributed by atoms with Crippen molar-refractivity contribution in [2.75, 3.05) is 0 Å². The molecule has 0 aliphatic heterocycles. The van der Waals surface area contributed by atoms with Crippen LogP contribution in [0.3, 0.4) is 0 Å². The molecule has 3 rings (SSSR count). The third-order valence-electron chi connectivity index (χ3n) is 3.82. The smallest absolute Gasteiger partial charge is 0.0158 e. The number of fused-ring (bicyclic) bond motifs is 3. The van der Waals surface area contributed by atoms with Crippen LogP contribution >= 0.6 is 0 Å². The van der Waals surface area contributed by atoms with Crippen molar-refractivity contribution in [1.82, 2.24) is 0 Å². The highest BCUT2D eigenvalue weighted by atomic mass is 14.4. The van der Waals surface area contributed by atoms with E-state index in [1.165, 1.54) is 27.8 Å². The van der Waals surface area contributed by atoms with E-state index in [1.807, 2.05) is 27.7 Å². The molecular formula is C20H28. The van der Waals surface area contributed by atoms with Gasteiger partial charge in [0.2, 0.25) is 0 Å². The average Bonchev–Trinajstić information content (AvgIpc) is 2.74. The van der Waals surface area contributed by atoms with E-state index in [9.17, 15) is 0 Å². The van der Waals surface area contributed by atoms with Crippen LogP contribution < -0.4 is 0 Å². The van der Waals surface area contributed by atoms with Crippen molar-refractivity contribution < 1.29 is 0 Å². The first kappa shape index (κ1) is 16.5. The molecule has 2 aromatic rings. The summed E-state index contributed by atoms with van der Waals surface area (Å²) in [4.78, 5) is 0. The van der Waals surface area contributed by atoms with Crippen molar-refractivity contribution in [2.45, 2.75) is 53.9 Å². The highest BCUT2D eigenvalue weighted by molar-refractivity contribution is 5.82. The Labute approximate surface area is 124 Å². The molecule has 0 heterocycles. The fourth-order valence-electron chi connectivity index (χ4n) is 2.94. The molecule has 0 fully saturated rings. The van der Waals surface area contributed by atoms with E-state index in [2.05, 4.69) is 63.2 Å². The first-order valence-corrected chi connectivity index (χ1v) is 7.82. The van der Waals surface area contributed by atoms with Gasteiger partial charge in [-0.25, -0.2) is 0 Å². The number of benzene rings is 2. The monoisotopic (exact) mass is 268 g/mol. The van der Waals surface area contributed by atoms with Crippen LogP contribution in [-0.4, -0.2) is 0 Å². The van der Waals surface area contributed by atoms with Gasteiger partial charge in [-0.15, -0.1) is 0 Å². The Morgan fingerprint density at radius 3 is 1.90 bits per heavy atom. The number of hydrogen-bond acceptors (Lipinski definition) is 0. The molecule has 0 bridgehead atoms. The summed E-state index contributed by atoms with van der Waals surface area (Å²) >= 11 is 0. The van der Waals surface area contributed by atoms with Crippen LogP contribution in [0.5, 0.6) is 0 Å². The summed E-state index contributed by atoms with van der Waals surface area (Å²) in [5, 5.41) is 0. The lowest BCUT2D eigenvalue weighted by atomic mass is 9.82. The lowest BCUT2D eigenvalue weighted by Gasteiger charge is -2.21. The topological polar surface area (TPSA) is 0 Å². The predicted molar refractivity (Wildman–Crippen MR) is 91.4 cm³/mol. The van der Waals surface area contributed by atoms with E-state index in [0.29, 0.717) is 0 Å². The third kappa shape index (κ3) is 2.52. The zero-order valence-corrected chi connectivity index (χ0v) is 14.0. The minimum atomic E-state index is 0.151. The van der Waals surface area contributed by atoms with E-state index in [-0.39, 0.29) is 5.41 Å². The second-order valence-electron chi connectivity index (χ2n) is 5.17. The standard InChI is InChI=1S/C16H16.2C2H6/c1-11-7-6-10-14-15(11)12-8-4-5-9-13(12)16(14,2)3;2*1-2/h4-10H,1-3H3;2*1-2H3. The van der Waals surface area contributed by atoms with Crippen molar-refractivity contribution in [2.24, 2.45) is 0 Å². The lowest BCUT2D eigenvalue weighted by molar-refractivity contribution is 0.660. The largest absolute Gasteiger partial charge is 0.0683 e. The normalized spacial score (nSPS) is 13.2. The van der Waals surface area contributed by atoms with Gasteiger partial charge in [-0.2, -0.15) is 0 Å². The van der Waals surface area contributed by atoms with Crippen molar-refractivity contribution in [3.63, 3.8) is 0 Å². The summed E-state index contributed by atoms with van der Waals surface area (Å²) in [5.41, 5.74) is 7.32. The zero-order valence-electron chi connectivity index (χ0n) is 14.0. The molecule has 0 amide bonds. The first-order valence-electron chi connectivity index (χ1n) is 7.82. The molecule has 2 aromatic carbocycles. The molecule has 108 valence electrons. The fourth-order valence-corrected chi connectivity index (χ4v) is 2.94. The second kappa shape index (κ2) is 6.74. The molecule has 0 N–H and O–H groups in total. The van der Waals surface area contributed by atoms with E-state index in [0.717, 1.165) is 0 Å². The van der Waals surface area contributed by atoms with Gasteiger partial charge in [-0.05, 0) is 34.7 Å². The fraction of sp³-hybridized carbons (Fsp3) is 0.400. The molecule has 0 radical (unpaired) electrons. The summed E-state index contributed by atoms with van der Waals surface area (Å²) in [6, 6.07) is 15.4. The summed E-state index contributed by atoms with van der Waals surface area (Å²) in [7, 11) is 0. The molecular weight excluding hydrogens is 240 g/mol. The molecule has 0 unspecified atom stereocenters. The maximum atomic E-state index is 2.32. The Morgan fingerprint density at radius 2 is 1.25 bits per heavy atom. The molecule has 0 spiro atoms. The second-order valence-corrected chi connectivity index (χ2v) is 5.17. The maximum absolute atomic E-state index is 2.32. The Kier molecular flexibility index (Phi) is 5.56. The van der Waals surface area contributed by atoms with Crippen molar-refractivity contribution in [3.8, 4) is 11.1 Å². The van der Waals surface area contributed by atoms with Gasteiger partial charge in [0.05, 0.1) is 0 Å². The molecule has 0 nitrogen and oxygen atoms in total. The minimum absolute atomic E-state index is 0.151. The average molecular weight is 268 g/mol. The molecule has 0 heteroatoms. The highest BCUT2D eigenvalue weighted by Crippen LogP contribution is 2.49. The summed E-state index contributed by atoms with van der Waals surface area (Å²) < 4.78 is 0. The number of rotatable bonds is 0. The summed E-state index contributed by atoms with van der Waals surface area (Å²) in [6.07, 6.45) is 0. The number of hydrogen-bond donors (Lipinski definition) is 0. The van der Waals surface area contributed by atoms with Crippen LogP contribution in [-0.2, 0) is 5.41 Å². The Bertz CT molecular complexity index is 562. The van der Waals surface area contributed by atoms with Crippen molar-refractivity contribution >= 4 is 0 Å². The maximum Gasteiger partial charge on any atom is 0.0158 e. The van der Waals surface area contributed by atoms with Crippen molar-refractivity contribution in [3.05, 3.63) is 59.2 Å². The minimum Gasteiger partial charge on any atom is -0.0683 e. The van der Waals surface area contributed by atoms with Crippen LogP contribution in [0.15, 0.2) is 42.5 Å². The predicted octanol–water partition coefficient (Wildman–Crippen LogP) is 6.35. The van der Waals surface area contributed by atoms with Crippen molar-refractivity contribution in [1.29, 1.82) is 0 Å². The highest BCUT2D eigenvalue weighted by Gasteiger charge is 2.35. The molecule has 0 saturated carbocycles.